The molecule has 1 aromatic heterocycles. The van der Waals surface area contributed by atoms with E-state index < -0.39 is 0 Å². The number of fused-ring (bicyclic) bond motifs is 1. The lowest BCUT2D eigenvalue weighted by atomic mass is 10.2. The van der Waals surface area contributed by atoms with Crippen molar-refractivity contribution < 1.29 is 4.74 Å². The highest BCUT2D eigenvalue weighted by molar-refractivity contribution is 7.11. The minimum absolute atomic E-state index is 0.686. The molecule has 0 saturated carbocycles. The van der Waals surface area contributed by atoms with Gasteiger partial charge in [-0.2, -0.15) is 0 Å². The molecular weight excluding hydrogens is 196 g/mol. The molecule has 0 bridgehead atoms. The fourth-order valence-corrected chi connectivity index (χ4v) is 2.57. The van der Waals surface area contributed by atoms with Crippen molar-refractivity contribution in [2.24, 2.45) is 0 Å². The van der Waals surface area contributed by atoms with Crippen molar-refractivity contribution in [1.82, 2.24) is 10.3 Å². The number of ether oxygens (including phenoxy) is 1. The fourth-order valence-electron chi connectivity index (χ4n) is 1.54. The van der Waals surface area contributed by atoms with E-state index >= 15 is 0 Å². The van der Waals surface area contributed by atoms with Crippen LogP contribution in [0.5, 0.6) is 0 Å². The Morgan fingerprint density at radius 3 is 3.29 bits per heavy atom. The lowest BCUT2D eigenvalue weighted by Gasteiger charge is -2.09. The van der Waals surface area contributed by atoms with E-state index in [4.69, 9.17) is 4.74 Å². The molecule has 2 heterocycles. The second-order valence-corrected chi connectivity index (χ2v) is 4.63. The van der Waals surface area contributed by atoms with Gasteiger partial charge in [0.05, 0.1) is 12.3 Å². The van der Waals surface area contributed by atoms with Crippen molar-refractivity contribution in [3.8, 4) is 0 Å². The summed E-state index contributed by atoms with van der Waals surface area (Å²) in [6.45, 7) is 5.69. The third-order valence-electron chi connectivity index (χ3n) is 2.22. The molecule has 1 aliphatic rings. The third-order valence-corrected chi connectivity index (χ3v) is 3.29. The first-order valence-corrected chi connectivity index (χ1v) is 5.97. The Bertz CT molecular complexity index is 275. The van der Waals surface area contributed by atoms with Gasteiger partial charge in [-0.3, -0.25) is 0 Å². The molecule has 3 nitrogen and oxygen atoms in total. The van der Waals surface area contributed by atoms with Crippen LogP contribution in [0.4, 0.5) is 0 Å². The van der Waals surface area contributed by atoms with Gasteiger partial charge in [0.2, 0.25) is 0 Å². The van der Waals surface area contributed by atoms with Crippen LogP contribution < -0.4 is 5.32 Å². The zero-order valence-corrected chi connectivity index (χ0v) is 9.32. The van der Waals surface area contributed by atoms with Crippen LogP contribution in [0.2, 0.25) is 0 Å². The molecule has 1 aliphatic heterocycles. The molecule has 0 saturated heterocycles. The Balaban J connectivity index is 1.94. The predicted octanol–water partition coefficient (Wildman–Crippen LogP) is 1.72. The van der Waals surface area contributed by atoms with E-state index in [2.05, 4.69) is 17.2 Å². The van der Waals surface area contributed by atoms with E-state index in [0.29, 0.717) is 6.61 Å². The summed E-state index contributed by atoms with van der Waals surface area (Å²) in [4.78, 5) is 5.97. The SMILES string of the molecule is CCCOCc1nc2c(s1)CNCC2. The number of nitrogens with one attached hydrogen (secondary N) is 1. The van der Waals surface area contributed by atoms with E-state index in [1.54, 1.807) is 11.3 Å². The van der Waals surface area contributed by atoms with E-state index in [1.165, 1.54) is 10.6 Å². The first-order chi connectivity index (χ1) is 6.90. The standard InChI is InChI=1S/C10H16N2OS/c1-2-5-13-7-10-12-8-3-4-11-6-9(8)14-10/h11H,2-7H2,1H3. The molecule has 0 aromatic carbocycles. The van der Waals surface area contributed by atoms with Crippen molar-refractivity contribution in [1.29, 1.82) is 0 Å². The van der Waals surface area contributed by atoms with E-state index in [0.717, 1.165) is 37.5 Å². The summed E-state index contributed by atoms with van der Waals surface area (Å²) in [6, 6.07) is 0. The lowest BCUT2D eigenvalue weighted by molar-refractivity contribution is 0.121. The van der Waals surface area contributed by atoms with Crippen LogP contribution in [0, 0.1) is 0 Å². The van der Waals surface area contributed by atoms with Crippen molar-refractivity contribution in [3.05, 3.63) is 15.6 Å². The summed E-state index contributed by atoms with van der Waals surface area (Å²) < 4.78 is 5.47. The Kier molecular flexibility index (Phi) is 3.50. The second kappa shape index (κ2) is 4.87. The summed E-state index contributed by atoms with van der Waals surface area (Å²) in [5.41, 5.74) is 1.28. The van der Waals surface area contributed by atoms with Crippen molar-refractivity contribution in [2.75, 3.05) is 13.2 Å². The quantitative estimate of drug-likeness (QED) is 0.772. The van der Waals surface area contributed by atoms with Crippen LogP contribution in [0.15, 0.2) is 0 Å². The van der Waals surface area contributed by atoms with Gasteiger partial charge in [-0.05, 0) is 6.42 Å². The minimum Gasteiger partial charge on any atom is -0.374 e. The minimum atomic E-state index is 0.686. The van der Waals surface area contributed by atoms with Gasteiger partial charge in [-0.1, -0.05) is 6.92 Å². The maximum atomic E-state index is 5.47. The van der Waals surface area contributed by atoms with Crippen LogP contribution in [-0.2, 0) is 24.3 Å². The molecule has 2 rings (SSSR count). The van der Waals surface area contributed by atoms with Crippen molar-refractivity contribution in [3.63, 3.8) is 0 Å². The van der Waals surface area contributed by atoms with Crippen molar-refractivity contribution in [2.45, 2.75) is 32.9 Å². The molecule has 0 unspecified atom stereocenters. The van der Waals surface area contributed by atoms with Crippen LogP contribution >= 0.6 is 11.3 Å². The van der Waals surface area contributed by atoms with Crippen molar-refractivity contribution >= 4 is 11.3 Å². The molecule has 1 N–H and O–H groups in total. The summed E-state index contributed by atoms with van der Waals surface area (Å²) in [7, 11) is 0. The summed E-state index contributed by atoms with van der Waals surface area (Å²) in [6.07, 6.45) is 2.15. The number of nitrogens with zero attached hydrogens (tertiary/aromatic N) is 1. The Morgan fingerprint density at radius 2 is 2.50 bits per heavy atom. The van der Waals surface area contributed by atoms with Gasteiger partial charge in [0.25, 0.3) is 0 Å². The van der Waals surface area contributed by atoms with E-state index in [-0.39, 0.29) is 0 Å². The van der Waals surface area contributed by atoms with Gasteiger partial charge in [-0.25, -0.2) is 4.98 Å². The molecule has 0 radical (unpaired) electrons. The Hall–Kier alpha value is -0.450. The highest BCUT2D eigenvalue weighted by Gasteiger charge is 2.14. The molecule has 78 valence electrons. The maximum Gasteiger partial charge on any atom is 0.119 e. The zero-order valence-electron chi connectivity index (χ0n) is 8.51. The Morgan fingerprint density at radius 1 is 1.57 bits per heavy atom. The molecule has 1 aromatic rings. The van der Waals surface area contributed by atoms with Crippen LogP contribution in [0.1, 0.15) is 28.9 Å². The smallest absolute Gasteiger partial charge is 0.119 e. The molecule has 4 heteroatoms. The van der Waals surface area contributed by atoms with E-state index in [9.17, 15) is 0 Å². The summed E-state index contributed by atoms with van der Waals surface area (Å²) >= 11 is 1.79. The van der Waals surface area contributed by atoms with Gasteiger partial charge < -0.3 is 10.1 Å². The Labute approximate surface area is 88.5 Å². The number of aromatic nitrogens is 1. The number of rotatable bonds is 4. The molecule has 14 heavy (non-hydrogen) atoms. The van der Waals surface area contributed by atoms with Crippen LogP contribution in [0.3, 0.4) is 0 Å². The largest absolute Gasteiger partial charge is 0.374 e. The van der Waals surface area contributed by atoms with Crippen LogP contribution in [-0.4, -0.2) is 18.1 Å². The average molecular weight is 212 g/mol. The summed E-state index contributed by atoms with van der Waals surface area (Å²) in [5, 5.41) is 4.48. The first-order valence-electron chi connectivity index (χ1n) is 5.16. The van der Waals surface area contributed by atoms with Gasteiger partial charge in [0, 0.05) is 31.0 Å². The number of hydrogen-bond acceptors (Lipinski definition) is 4. The topological polar surface area (TPSA) is 34.1 Å². The molecule has 0 fully saturated rings. The van der Waals surface area contributed by atoms with Gasteiger partial charge in [-0.15, -0.1) is 11.3 Å². The second-order valence-electron chi connectivity index (χ2n) is 3.46. The molecule has 0 amide bonds. The highest BCUT2D eigenvalue weighted by atomic mass is 32.1. The van der Waals surface area contributed by atoms with Gasteiger partial charge >= 0.3 is 0 Å². The lowest BCUT2D eigenvalue weighted by Crippen LogP contribution is -2.22. The third kappa shape index (κ3) is 2.32. The number of thiazole rings is 1. The molecule has 0 aliphatic carbocycles. The van der Waals surface area contributed by atoms with E-state index in [1.807, 2.05) is 0 Å². The highest BCUT2D eigenvalue weighted by Crippen LogP contribution is 2.21. The predicted molar refractivity (Wildman–Crippen MR) is 57.5 cm³/mol. The molecular formula is C10H16N2OS. The fraction of sp³-hybridized carbons (Fsp3) is 0.700. The monoisotopic (exact) mass is 212 g/mol. The number of hydrogen-bond donors (Lipinski definition) is 1. The normalized spacial score (nSPS) is 15.5. The van der Waals surface area contributed by atoms with Gasteiger partial charge in [0.1, 0.15) is 5.01 Å². The van der Waals surface area contributed by atoms with Crippen LogP contribution in [0.25, 0.3) is 0 Å². The average Bonchev–Trinajstić information content (AvgIpc) is 2.60. The first kappa shape index (κ1) is 10.1. The van der Waals surface area contributed by atoms with Gasteiger partial charge in [0.15, 0.2) is 0 Å². The molecule has 0 spiro atoms. The maximum absolute atomic E-state index is 5.47. The zero-order chi connectivity index (χ0) is 9.80. The molecule has 0 atom stereocenters. The summed E-state index contributed by atoms with van der Waals surface area (Å²) in [5.74, 6) is 0.